The molecule has 1 aromatic heterocycles. The van der Waals surface area contributed by atoms with Gasteiger partial charge in [-0.25, -0.2) is 0 Å². The molecule has 1 aliphatic rings. The van der Waals surface area contributed by atoms with Gasteiger partial charge in [-0.05, 0) is 43.1 Å². The van der Waals surface area contributed by atoms with Crippen LogP contribution in [0.5, 0.6) is 0 Å². The van der Waals surface area contributed by atoms with E-state index in [0.29, 0.717) is 6.04 Å². The fourth-order valence-electron chi connectivity index (χ4n) is 1.79. The summed E-state index contributed by atoms with van der Waals surface area (Å²) in [5.74, 6) is 4.21. The van der Waals surface area contributed by atoms with E-state index in [1.807, 2.05) is 17.8 Å². The van der Waals surface area contributed by atoms with Gasteiger partial charge in [-0.1, -0.05) is 0 Å². The molecule has 1 aliphatic carbocycles. The summed E-state index contributed by atoms with van der Waals surface area (Å²) in [6, 6.07) is 2.50. The Balaban J connectivity index is 1.66. The lowest BCUT2D eigenvalue weighted by Gasteiger charge is -2.31. The zero-order chi connectivity index (χ0) is 9.97. The number of hydrogen-bond acceptors (Lipinski definition) is 3. The lowest BCUT2D eigenvalue weighted by Crippen LogP contribution is -2.37. The van der Waals surface area contributed by atoms with Gasteiger partial charge < -0.3 is 10.2 Å². The van der Waals surface area contributed by atoms with Gasteiger partial charge >= 0.3 is 0 Å². The minimum Gasteiger partial charge on any atom is -0.468 e. The van der Waals surface area contributed by atoms with Gasteiger partial charge in [0, 0.05) is 6.04 Å². The summed E-state index contributed by atoms with van der Waals surface area (Å²) in [5.41, 5.74) is 7.00. The van der Waals surface area contributed by atoms with Gasteiger partial charge in [0.05, 0.1) is 12.0 Å². The van der Waals surface area contributed by atoms with Crippen molar-refractivity contribution in [1.82, 2.24) is 0 Å². The van der Waals surface area contributed by atoms with Gasteiger partial charge in [0.1, 0.15) is 5.76 Å². The Labute approximate surface area is 89.2 Å². The molecule has 0 aliphatic heterocycles. The van der Waals surface area contributed by atoms with Gasteiger partial charge in [0.15, 0.2) is 0 Å². The second-order valence-corrected chi connectivity index (χ2v) is 5.17. The minimum absolute atomic E-state index is 0.478. The van der Waals surface area contributed by atoms with Crippen molar-refractivity contribution in [1.29, 1.82) is 0 Å². The van der Waals surface area contributed by atoms with Crippen LogP contribution >= 0.6 is 11.8 Å². The molecule has 1 heterocycles. The zero-order valence-corrected chi connectivity index (χ0v) is 9.35. The monoisotopic (exact) mass is 211 g/mol. The van der Waals surface area contributed by atoms with E-state index in [0.717, 1.165) is 17.4 Å². The molecule has 2 N–H and O–H groups in total. The fraction of sp³-hybridized carbons (Fsp3) is 0.636. The molecule has 1 aromatic rings. The molecular weight excluding hydrogens is 194 g/mol. The van der Waals surface area contributed by atoms with E-state index in [9.17, 15) is 0 Å². The maximum absolute atomic E-state index is 5.73. The predicted molar refractivity (Wildman–Crippen MR) is 60.3 cm³/mol. The Bertz CT molecular complexity index is 291. The van der Waals surface area contributed by atoms with Crippen LogP contribution in [0.4, 0.5) is 0 Å². The Hall–Kier alpha value is -0.410. The van der Waals surface area contributed by atoms with Gasteiger partial charge in [-0.15, -0.1) is 0 Å². The predicted octanol–water partition coefficient (Wildman–Crippen LogP) is 2.56. The number of furan rings is 1. The number of hydrogen-bond donors (Lipinski definition) is 1. The standard InChI is InChI=1S/C11H17NOS/c1-8-2-3-13-11(8)7-14-6-9-4-10(12)5-9/h2-3,9-10H,4-7,12H2,1H3. The molecule has 1 fully saturated rings. The van der Waals surface area contributed by atoms with E-state index in [4.69, 9.17) is 10.2 Å². The third kappa shape index (κ3) is 2.34. The fourth-order valence-corrected chi connectivity index (χ4v) is 3.00. The van der Waals surface area contributed by atoms with E-state index in [-0.39, 0.29) is 0 Å². The summed E-state index contributed by atoms with van der Waals surface area (Å²) >= 11 is 1.96. The average molecular weight is 211 g/mol. The van der Waals surface area contributed by atoms with Crippen molar-refractivity contribution >= 4 is 11.8 Å². The first kappa shape index (κ1) is 10.1. The van der Waals surface area contributed by atoms with Crippen molar-refractivity contribution in [3.8, 4) is 0 Å². The molecule has 0 amide bonds. The Morgan fingerprint density at radius 2 is 2.36 bits per heavy atom. The van der Waals surface area contributed by atoms with Crippen molar-refractivity contribution in [3.63, 3.8) is 0 Å². The Kier molecular flexibility index (Phi) is 3.19. The zero-order valence-electron chi connectivity index (χ0n) is 8.53. The molecule has 1 saturated carbocycles. The van der Waals surface area contributed by atoms with Crippen LogP contribution in [-0.2, 0) is 5.75 Å². The summed E-state index contributed by atoms with van der Waals surface area (Å²) in [6.45, 7) is 2.10. The normalized spacial score (nSPS) is 26.1. The lowest BCUT2D eigenvalue weighted by molar-refractivity contribution is 0.295. The summed E-state index contributed by atoms with van der Waals surface area (Å²) in [5, 5.41) is 0. The van der Waals surface area contributed by atoms with Crippen molar-refractivity contribution in [3.05, 3.63) is 23.7 Å². The summed E-state index contributed by atoms with van der Waals surface area (Å²) < 4.78 is 5.37. The molecule has 0 unspecified atom stereocenters. The maximum atomic E-state index is 5.73. The third-order valence-electron chi connectivity index (χ3n) is 2.83. The van der Waals surface area contributed by atoms with Crippen molar-refractivity contribution in [2.75, 3.05) is 5.75 Å². The molecule has 0 aromatic carbocycles. The van der Waals surface area contributed by atoms with Crippen LogP contribution in [0.2, 0.25) is 0 Å². The Morgan fingerprint density at radius 1 is 1.57 bits per heavy atom. The second-order valence-electron chi connectivity index (χ2n) is 4.14. The molecule has 78 valence electrons. The van der Waals surface area contributed by atoms with Crippen molar-refractivity contribution < 1.29 is 4.42 Å². The number of thioether (sulfide) groups is 1. The molecule has 2 nitrogen and oxygen atoms in total. The molecular formula is C11H17NOS. The largest absolute Gasteiger partial charge is 0.468 e. The highest BCUT2D eigenvalue weighted by Crippen LogP contribution is 2.30. The van der Waals surface area contributed by atoms with Gasteiger partial charge in [-0.2, -0.15) is 11.8 Å². The second kappa shape index (κ2) is 4.41. The van der Waals surface area contributed by atoms with Crippen molar-refractivity contribution in [2.45, 2.75) is 31.6 Å². The van der Waals surface area contributed by atoms with Gasteiger partial charge in [0.2, 0.25) is 0 Å². The molecule has 14 heavy (non-hydrogen) atoms. The summed E-state index contributed by atoms with van der Waals surface area (Å²) in [6.07, 6.45) is 4.19. The van der Waals surface area contributed by atoms with E-state index in [1.54, 1.807) is 6.26 Å². The van der Waals surface area contributed by atoms with Crippen molar-refractivity contribution in [2.24, 2.45) is 11.7 Å². The molecule has 0 atom stereocenters. The smallest absolute Gasteiger partial charge is 0.116 e. The first-order valence-corrected chi connectivity index (χ1v) is 6.27. The maximum Gasteiger partial charge on any atom is 0.116 e. The van der Waals surface area contributed by atoms with E-state index < -0.39 is 0 Å². The van der Waals surface area contributed by atoms with Gasteiger partial charge in [-0.3, -0.25) is 0 Å². The average Bonchev–Trinajstić information content (AvgIpc) is 2.49. The number of aryl methyl sites for hydroxylation is 1. The number of nitrogens with two attached hydrogens (primary N) is 1. The first-order valence-electron chi connectivity index (χ1n) is 5.12. The van der Waals surface area contributed by atoms with Crippen LogP contribution < -0.4 is 5.73 Å². The summed E-state index contributed by atoms with van der Waals surface area (Å²) in [7, 11) is 0. The molecule has 3 heteroatoms. The van der Waals surface area contributed by atoms with Crippen LogP contribution in [-0.4, -0.2) is 11.8 Å². The highest BCUT2D eigenvalue weighted by atomic mass is 32.2. The molecule has 0 saturated heterocycles. The molecule has 0 bridgehead atoms. The molecule has 0 radical (unpaired) electrons. The van der Waals surface area contributed by atoms with Crippen LogP contribution in [0.1, 0.15) is 24.2 Å². The van der Waals surface area contributed by atoms with Gasteiger partial charge in [0.25, 0.3) is 0 Å². The summed E-state index contributed by atoms with van der Waals surface area (Å²) in [4.78, 5) is 0. The van der Waals surface area contributed by atoms with E-state index >= 15 is 0 Å². The highest BCUT2D eigenvalue weighted by Gasteiger charge is 2.25. The van der Waals surface area contributed by atoms with E-state index in [1.165, 1.54) is 24.2 Å². The Morgan fingerprint density at radius 3 is 2.93 bits per heavy atom. The topological polar surface area (TPSA) is 39.2 Å². The highest BCUT2D eigenvalue weighted by molar-refractivity contribution is 7.98. The first-order chi connectivity index (χ1) is 6.75. The van der Waals surface area contributed by atoms with E-state index in [2.05, 4.69) is 6.92 Å². The third-order valence-corrected chi connectivity index (χ3v) is 4.00. The molecule has 2 rings (SSSR count). The lowest BCUT2D eigenvalue weighted by atomic mass is 9.82. The number of rotatable bonds is 4. The van der Waals surface area contributed by atoms with Crippen LogP contribution in [0.25, 0.3) is 0 Å². The SMILES string of the molecule is Cc1ccoc1CSCC1CC(N)C1. The van der Waals surface area contributed by atoms with Crippen LogP contribution in [0.15, 0.2) is 16.7 Å². The quantitative estimate of drug-likeness (QED) is 0.832. The molecule has 0 spiro atoms. The van der Waals surface area contributed by atoms with Crippen LogP contribution in [0.3, 0.4) is 0 Å². The van der Waals surface area contributed by atoms with Crippen LogP contribution in [0, 0.1) is 12.8 Å². The minimum atomic E-state index is 0.478.